The summed E-state index contributed by atoms with van der Waals surface area (Å²) < 4.78 is 1.97. The van der Waals surface area contributed by atoms with E-state index in [1.807, 2.05) is 4.68 Å². The van der Waals surface area contributed by atoms with Gasteiger partial charge in [0.2, 0.25) is 11.6 Å². The van der Waals surface area contributed by atoms with Crippen molar-refractivity contribution in [3.63, 3.8) is 0 Å². The number of carbonyl (C=O) groups is 1. The molecule has 0 spiro atoms. The molecule has 1 aromatic heterocycles. The Morgan fingerprint density at radius 1 is 1.25 bits per heavy atom. The van der Waals surface area contributed by atoms with Gasteiger partial charge in [0.05, 0.1) is 6.04 Å². The first-order valence-corrected chi connectivity index (χ1v) is 7.29. The lowest BCUT2D eigenvalue weighted by molar-refractivity contribution is 0.0957. The van der Waals surface area contributed by atoms with Crippen molar-refractivity contribution in [2.75, 3.05) is 0 Å². The molecule has 0 unspecified atom stereocenters. The zero-order chi connectivity index (χ0) is 13.7. The lowest BCUT2D eigenvalue weighted by Crippen LogP contribution is -2.11. The van der Waals surface area contributed by atoms with E-state index in [-0.39, 0.29) is 17.7 Å². The fraction of sp³-hybridized carbons (Fsp3) is 0.438. The Labute approximate surface area is 117 Å². The fourth-order valence-corrected chi connectivity index (χ4v) is 3.04. The molecule has 2 aromatic rings. The molecule has 1 fully saturated rings. The van der Waals surface area contributed by atoms with Gasteiger partial charge in [-0.05, 0) is 37.3 Å². The van der Waals surface area contributed by atoms with Crippen molar-refractivity contribution in [3.05, 3.63) is 47.0 Å². The number of hydrogen-bond donors (Lipinski definition) is 0. The molecule has 1 saturated carbocycles. The van der Waals surface area contributed by atoms with Crippen molar-refractivity contribution < 1.29 is 4.79 Å². The first-order chi connectivity index (χ1) is 9.74. The third-order valence-electron chi connectivity index (χ3n) is 4.35. The third-order valence-corrected chi connectivity index (χ3v) is 4.35. The number of aromatic nitrogens is 3. The molecule has 1 aliphatic heterocycles. The predicted octanol–water partition coefficient (Wildman–Crippen LogP) is 2.71. The van der Waals surface area contributed by atoms with E-state index in [4.69, 9.17) is 0 Å². The van der Waals surface area contributed by atoms with Crippen molar-refractivity contribution in [1.29, 1.82) is 0 Å². The van der Waals surface area contributed by atoms with Gasteiger partial charge in [0.15, 0.2) is 0 Å². The monoisotopic (exact) mass is 267 g/mol. The average molecular weight is 267 g/mol. The van der Waals surface area contributed by atoms with Gasteiger partial charge < -0.3 is 0 Å². The van der Waals surface area contributed by atoms with E-state index in [9.17, 15) is 4.79 Å². The minimum atomic E-state index is 0.135. The Balaban J connectivity index is 1.71. The van der Waals surface area contributed by atoms with E-state index in [0.29, 0.717) is 5.82 Å². The minimum absolute atomic E-state index is 0.135. The number of Topliss-reactive ketones (excluding diaryl/α,β-unsaturated/α-hetero) is 1. The molecule has 4 heteroatoms. The highest BCUT2D eigenvalue weighted by Crippen LogP contribution is 2.35. The molecule has 4 rings (SSSR count). The Hall–Kier alpha value is -1.97. The maximum atomic E-state index is 12.1. The second-order valence-corrected chi connectivity index (χ2v) is 5.85. The minimum Gasteiger partial charge on any atom is -0.290 e. The van der Waals surface area contributed by atoms with Crippen LogP contribution in [0.2, 0.25) is 0 Å². The van der Waals surface area contributed by atoms with E-state index in [0.717, 1.165) is 31.5 Å². The van der Waals surface area contributed by atoms with Gasteiger partial charge in [0.1, 0.15) is 5.82 Å². The summed E-state index contributed by atoms with van der Waals surface area (Å²) in [4.78, 5) is 16.5. The van der Waals surface area contributed by atoms with E-state index in [1.165, 1.54) is 11.1 Å². The Bertz CT molecular complexity index is 685. The number of carbonyl (C=O) groups excluding carboxylic acids is 1. The van der Waals surface area contributed by atoms with Gasteiger partial charge in [-0.1, -0.05) is 24.3 Å². The van der Waals surface area contributed by atoms with Crippen LogP contribution in [0.15, 0.2) is 24.3 Å². The van der Waals surface area contributed by atoms with Crippen molar-refractivity contribution in [2.45, 2.75) is 38.6 Å². The van der Waals surface area contributed by atoms with E-state index in [2.05, 4.69) is 41.3 Å². The van der Waals surface area contributed by atoms with Crippen LogP contribution in [0.1, 0.15) is 52.9 Å². The summed E-state index contributed by atoms with van der Waals surface area (Å²) in [5, 5.41) is 4.51. The summed E-state index contributed by atoms with van der Waals surface area (Å²) in [5.74, 6) is 1.72. The third kappa shape index (κ3) is 1.79. The molecule has 102 valence electrons. The van der Waals surface area contributed by atoms with Gasteiger partial charge in [-0.2, -0.15) is 0 Å². The zero-order valence-corrected chi connectivity index (χ0v) is 11.5. The lowest BCUT2D eigenvalue weighted by atomic mass is 10.00. The van der Waals surface area contributed by atoms with Crippen LogP contribution in [-0.2, 0) is 6.42 Å². The molecule has 1 aliphatic carbocycles. The molecule has 0 bridgehead atoms. The predicted molar refractivity (Wildman–Crippen MR) is 74.7 cm³/mol. The van der Waals surface area contributed by atoms with Crippen LogP contribution in [0, 0.1) is 12.8 Å². The molecular weight excluding hydrogens is 250 g/mol. The van der Waals surface area contributed by atoms with E-state index >= 15 is 0 Å². The molecule has 0 radical (unpaired) electrons. The smallest absolute Gasteiger partial charge is 0.217 e. The van der Waals surface area contributed by atoms with Crippen LogP contribution in [-0.4, -0.2) is 20.5 Å². The van der Waals surface area contributed by atoms with Gasteiger partial charge in [0, 0.05) is 12.3 Å². The van der Waals surface area contributed by atoms with Crippen molar-refractivity contribution >= 4 is 5.78 Å². The standard InChI is InChI=1S/C16H17N3O/c1-10-4-2-3-5-12(10)13-8-9-14-17-16(18-19(13)14)15(20)11-6-7-11/h2-5,11,13H,6-9H2,1H3/t13-/m0/s1. The van der Waals surface area contributed by atoms with Crippen LogP contribution in [0.25, 0.3) is 0 Å². The zero-order valence-electron chi connectivity index (χ0n) is 11.5. The van der Waals surface area contributed by atoms with E-state index < -0.39 is 0 Å². The summed E-state index contributed by atoms with van der Waals surface area (Å²) in [6, 6.07) is 8.63. The SMILES string of the molecule is Cc1ccccc1[C@@H]1CCc2nc(C(=O)C3CC3)nn21. The molecule has 20 heavy (non-hydrogen) atoms. The number of ketones is 1. The summed E-state index contributed by atoms with van der Waals surface area (Å²) >= 11 is 0. The first-order valence-electron chi connectivity index (χ1n) is 7.29. The highest BCUT2D eigenvalue weighted by molar-refractivity contribution is 5.95. The van der Waals surface area contributed by atoms with Crippen molar-refractivity contribution in [2.24, 2.45) is 5.92 Å². The molecule has 4 nitrogen and oxygen atoms in total. The van der Waals surface area contributed by atoms with Crippen LogP contribution < -0.4 is 0 Å². The van der Waals surface area contributed by atoms with Crippen LogP contribution in [0.3, 0.4) is 0 Å². The molecule has 1 aromatic carbocycles. The molecule has 1 atom stereocenters. The molecule has 0 N–H and O–H groups in total. The average Bonchev–Trinajstić information content (AvgIpc) is 3.09. The molecule has 0 saturated heterocycles. The molecular formula is C16H17N3O. The van der Waals surface area contributed by atoms with Gasteiger partial charge in [-0.25, -0.2) is 9.67 Å². The molecule has 0 amide bonds. The Morgan fingerprint density at radius 2 is 2.05 bits per heavy atom. The van der Waals surface area contributed by atoms with Gasteiger partial charge in [-0.3, -0.25) is 4.79 Å². The number of fused-ring (bicyclic) bond motifs is 1. The highest BCUT2D eigenvalue weighted by atomic mass is 16.1. The number of benzene rings is 1. The van der Waals surface area contributed by atoms with Crippen molar-refractivity contribution in [3.8, 4) is 0 Å². The fourth-order valence-electron chi connectivity index (χ4n) is 3.04. The second-order valence-electron chi connectivity index (χ2n) is 5.85. The van der Waals surface area contributed by atoms with Crippen molar-refractivity contribution in [1.82, 2.24) is 14.8 Å². The van der Waals surface area contributed by atoms with Crippen LogP contribution >= 0.6 is 0 Å². The van der Waals surface area contributed by atoms with Crippen LogP contribution in [0.4, 0.5) is 0 Å². The lowest BCUT2D eigenvalue weighted by Gasteiger charge is -2.14. The number of rotatable bonds is 3. The Morgan fingerprint density at radius 3 is 2.80 bits per heavy atom. The first kappa shape index (κ1) is 11.8. The summed E-state index contributed by atoms with van der Waals surface area (Å²) in [7, 11) is 0. The van der Waals surface area contributed by atoms with Gasteiger partial charge in [-0.15, -0.1) is 5.10 Å². The topological polar surface area (TPSA) is 47.8 Å². The Kier molecular flexibility index (Phi) is 2.52. The second kappa shape index (κ2) is 4.27. The number of hydrogen-bond acceptors (Lipinski definition) is 3. The maximum Gasteiger partial charge on any atom is 0.217 e. The number of aryl methyl sites for hydroxylation is 2. The van der Waals surface area contributed by atoms with Gasteiger partial charge in [0.25, 0.3) is 0 Å². The summed E-state index contributed by atoms with van der Waals surface area (Å²) in [5.41, 5.74) is 2.57. The highest BCUT2D eigenvalue weighted by Gasteiger charge is 2.35. The van der Waals surface area contributed by atoms with Crippen LogP contribution in [0.5, 0.6) is 0 Å². The maximum absolute atomic E-state index is 12.1. The normalized spacial score (nSPS) is 20.9. The summed E-state index contributed by atoms with van der Waals surface area (Å²) in [6.07, 6.45) is 3.94. The quantitative estimate of drug-likeness (QED) is 0.803. The molecule has 2 aliphatic rings. The summed E-state index contributed by atoms with van der Waals surface area (Å²) in [6.45, 7) is 2.13. The van der Waals surface area contributed by atoms with Gasteiger partial charge >= 0.3 is 0 Å². The molecule has 2 heterocycles. The largest absolute Gasteiger partial charge is 0.290 e. The number of nitrogens with zero attached hydrogens (tertiary/aromatic N) is 3. The van der Waals surface area contributed by atoms with E-state index in [1.54, 1.807) is 0 Å².